The molecule has 0 fully saturated rings. The van der Waals surface area contributed by atoms with Crippen LogP contribution in [0, 0.1) is 13.8 Å². The van der Waals surface area contributed by atoms with Gasteiger partial charge in [-0.2, -0.15) is 0 Å². The Hall–Kier alpha value is -0.922. The maximum absolute atomic E-state index is 5.68. The van der Waals surface area contributed by atoms with Crippen LogP contribution in [0.3, 0.4) is 0 Å². The topological polar surface area (TPSA) is 18.5 Å². The van der Waals surface area contributed by atoms with E-state index in [4.69, 9.17) is 15.2 Å². The second-order valence-electron chi connectivity index (χ2n) is 4.03. The van der Waals surface area contributed by atoms with Crippen molar-refractivity contribution in [2.45, 2.75) is 13.8 Å². The molecule has 93 valence electrons. The van der Waals surface area contributed by atoms with Crippen LogP contribution < -0.4 is 6.03 Å². The van der Waals surface area contributed by atoms with Crippen molar-refractivity contribution in [1.29, 1.82) is 0 Å². The third kappa shape index (κ3) is 4.08. The summed E-state index contributed by atoms with van der Waals surface area (Å²) in [5.41, 5.74) is 2.41. The Morgan fingerprint density at radius 2 is 1.06 bits per heavy atom. The summed E-state index contributed by atoms with van der Waals surface area (Å²) in [6.45, 7) is 4.08. The molecule has 0 saturated heterocycles. The van der Waals surface area contributed by atoms with Crippen molar-refractivity contribution < 1.29 is 6.03 Å². The van der Waals surface area contributed by atoms with Crippen molar-refractivity contribution >= 4 is 28.3 Å². The van der Waals surface area contributed by atoms with Gasteiger partial charge >= 0.3 is 119 Å². The third-order valence-electron chi connectivity index (χ3n) is 2.40. The van der Waals surface area contributed by atoms with Gasteiger partial charge < -0.3 is 0 Å². The maximum atomic E-state index is 5.68. The van der Waals surface area contributed by atoms with E-state index in [-0.39, 0.29) is 0 Å². The van der Waals surface area contributed by atoms with Crippen molar-refractivity contribution in [3.05, 3.63) is 59.7 Å². The standard InChI is InChI=1S/2C7H8O.S.Sb/c2*1-6-2-4-7(8)5-3-6;;/h2*2-5,8H,1H3;;/q;;;+2/p-2. The predicted octanol–water partition coefficient (Wildman–Crippen LogP) is 3.94. The van der Waals surface area contributed by atoms with E-state index in [9.17, 15) is 0 Å². The Labute approximate surface area is 119 Å². The molecule has 0 saturated carbocycles. The van der Waals surface area contributed by atoms with Gasteiger partial charge in [0, 0.05) is 0 Å². The van der Waals surface area contributed by atoms with Gasteiger partial charge in [-0.3, -0.25) is 0 Å². The van der Waals surface area contributed by atoms with Crippen LogP contribution in [0.15, 0.2) is 48.5 Å². The van der Waals surface area contributed by atoms with Gasteiger partial charge in [-0.1, -0.05) is 0 Å². The van der Waals surface area contributed by atoms with Crippen molar-refractivity contribution in [3.63, 3.8) is 0 Å². The van der Waals surface area contributed by atoms with Crippen LogP contribution in [0.1, 0.15) is 11.1 Å². The minimum atomic E-state index is -2.54. The molecule has 2 rings (SSSR count). The molecule has 2 aromatic rings. The third-order valence-corrected chi connectivity index (χ3v) is 5.46. The molecule has 2 aromatic carbocycles. The number of rotatable bonds is 4. The van der Waals surface area contributed by atoms with E-state index in [0.717, 1.165) is 11.5 Å². The minimum absolute atomic E-state index is 0.797. The summed E-state index contributed by atoms with van der Waals surface area (Å²) in [6.07, 6.45) is 0. The zero-order chi connectivity index (χ0) is 13.0. The molecule has 0 spiro atoms. The van der Waals surface area contributed by atoms with Crippen LogP contribution in [-0.4, -0.2) is 19.1 Å². The van der Waals surface area contributed by atoms with Crippen LogP contribution in [0.25, 0.3) is 0 Å². The molecular formula is C14H14O2SSb. The van der Waals surface area contributed by atoms with Gasteiger partial charge in [-0.05, 0) is 0 Å². The van der Waals surface area contributed by atoms with E-state index < -0.39 is 19.1 Å². The summed E-state index contributed by atoms with van der Waals surface area (Å²) in [5.74, 6) is 1.59. The van der Waals surface area contributed by atoms with Crippen molar-refractivity contribution in [2.75, 3.05) is 0 Å². The van der Waals surface area contributed by atoms with Crippen molar-refractivity contribution in [1.82, 2.24) is 0 Å². The first-order valence-electron chi connectivity index (χ1n) is 5.60. The molecule has 0 atom stereocenters. The summed E-state index contributed by atoms with van der Waals surface area (Å²) in [6, 6.07) is 15.7. The molecule has 0 aliphatic heterocycles. The van der Waals surface area contributed by atoms with Gasteiger partial charge in [-0.25, -0.2) is 0 Å². The fourth-order valence-corrected chi connectivity index (χ4v) is 4.33. The fraction of sp³-hybridized carbons (Fsp3) is 0.143. The van der Waals surface area contributed by atoms with E-state index in [1.165, 1.54) is 11.1 Å². The first kappa shape index (κ1) is 13.5. The molecule has 0 aliphatic rings. The Bertz CT molecular complexity index is 485. The zero-order valence-electron chi connectivity index (χ0n) is 10.3. The van der Waals surface area contributed by atoms with Crippen LogP contribution in [0.5, 0.6) is 11.5 Å². The van der Waals surface area contributed by atoms with E-state index in [2.05, 4.69) is 0 Å². The molecule has 0 N–H and O–H groups in total. The van der Waals surface area contributed by atoms with Gasteiger partial charge in [0.05, 0.1) is 0 Å². The summed E-state index contributed by atoms with van der Waals surface area (Å²) >= 11 is -2.54. The van der Waals surface area contributed by atoms with Gasteiger partial charge in [-0.15, -0.1) is 0 Å². The van der Waals surface area contributed by atoms with E-state index in [1.807, 2.05) is 62.4 Å². The molecule has 18 heavy (non-hydrogen) atoms. The normalized spacial score (nSPS) is 9.89. The molecule has 4 heteroatoms. The molecule has 0 aromatic heterocycles. The molecule has 0 bridgehead atoms. The average molecular weight is 368 g/mol. The average Bonchev–Trinajstić information content (AvgIpc) is 2.35. The van der Waals surface area contributed by atoms with Gasteiger partial charge in [0.15, 0.2) is 0 Å². The van der Waals surface area contributed by atoms with Crippen molar-refractivity contribution in [2.24, 2.45) is 0 Å². The summed E-state index contributed by atoms with van der Waals surface area (Å²) < 4.78 is 11.4. The molecule has 2 nitrogen and oxygen atoms in total. The number of hydrogen-bond acceptors (Lipinski definition) is 3. The summed E-state index contributed by atoms with van der Waals surface area (Å²) in [4.78, 5) is 0. The van der Waals surface area contributed by atoms with Crippen LogP contribution in [0.2, 0.25) is 0 Å². The summed E-state index contributed by atoms with van der Waals surface area (Å²) in [5, 5.41) is 0. The molecule has 0 heterocycles. The number of hydrogen-bond donors (Lipinski definition) is 0. The Balaban J connectivity index is 1.96. The fourth-order valence-electron chi connectivity index (χ4n) is 1.39. The van der Waals surface area contributed by atoms with Crippen LogP contribution >= 0.6 is 9.19 Å². The van der Waals surface area contributed by atoms with E-state index >= 15 is 0 Å². The number of aryl methyl sites for hydroxylation is 2. The Morgan fingerprint density at radius 1 is 0.722 bits per heavy atom. The first-order chi connectivity index (χ1) is 8.63. The molecule has 0 unspecified atom stereocenters. The molecule has 1 radical (unpaired) electrons. The molecule has 0 amide bonds. The Morgan fingerprint density at radius 3 is 1.39 bits per heavy atom. The van der Waals surface area contributed by atoms with Gasteiger partial charge in [0.2, 0.25) is 0 Å². The SMILES string of the molecule is Cc1ccc([O][Sb](=[S])[O]c2ccc(C)cc2)cc1. The van der Waals surface area contributed by atoms with E-state index in [0.29, 0.717) is 0 Å². The Kier molecular flexibility index (Phi) is 4.73. The second-order valence-corrected chi connectivity index (χ2v) is 8.35. The first-order valence-corrected chi connectivity index (χ1v) is 11.2. The van der Waals surface area contributed by atoms with Gasteiger partial charge in [0.1, 0.15) is 0 Å². The monoisotopic (exact) mass is 367 g/mol. The second kappa shape index (κ2) is 6.31. The van der Waals surface area contributed by atoms with E-state index in [1.54, 1.807) is 0 Å². The summed E-state index contributed by atoms with van der Waals surface area (Å²) in [7, 11) is 5.31. The van der Waals surface area contributed by atoms with Crippen LogP contribution in [0.4, 0.5) is 0 Å². The van der Waals surface area contributed by atoms with Gasteiger partial charge in [0.25, 0.3) is 0 Å². The number of benzene rings is 2. The van der Waals surface area contributed by atoms with Crippen LogP contribution in [-0.2, 0) is 0 Å². The molecule has 0 aliphatic carbocycles. The molecular weight excluding hydrogens is 354 g/mol. The van der Waals surface area contributed by atoms with Crippen molar-refractivity contribution in [3.8, 4) is 11.5 Å². The quantitative estimate of drug-likeness (QED) is 0.762. The predicted molar refractivity (Wildman–Crippen MR) is 77.0 cm³/mol. The zero-order valence-corrected chi connectivity index (χ0v) is 13.7.